The number of pyridine rings is 1. The van der Waals surface area contributed by atoms with Gasteiger partial charge in [-0.15, -0.1) is 0 Å². The first-order chi connectivity index (χ1) is 11.2. The Kier molecular flexibility index (Phi) is 4.10. The number of phenolic OH excluding ortho intramolecular Hbond substituents is 1. The molecule has 0 radical (unpaired) electrons. The molecule has 5 nitrogen and oxygen atoms in total. The summed E-state index contributed by atoms with van der Waals surface area (Å²) < 4.78 is 10.4. The van der Waals surface area contributed by atoms with Crippen LogP contribution >= 0.6 is 0 Å². The molecule has 1 N–H and O–H groups in total. The van der Waals surface area contributed by atoms with Crippen LogP contribution in [0.5, 0.6) is 17.2 Å². The monoisotopic (exact) mass is 308 g/mol. The van der Waals surface area contributed by atoms with Crippen molar-refractivity contribution in [1.29, 1.82) is 0 Å². The van der Waals surface area contributed by atoms with Crippen LogP contribution in [0.2, 0.25) is 0 Å². The molecule has 0 saturated carbocycles. The van der Waals surface area contributed by atoms with Crippen molar-refractivity contribution >= 4 is 22.8 Å². The van der Waals surface area contributed by atoms with Gasteiger partial charge in [-0.2, -0.15) is 0 Å². The van der Waals surface area contributed by atoms with Gasteiger partial charge in [-0.05, 0) is 12.1 Å². The molecule has 0 aliphatic carbocycles. The van der Waals surface area contributed by atoms with Crippen molar-refractivity contribution in [3.8, 4) is 17.2 Å². The highest BCUT2D eigenvalue weighted by molar-refractivity contribution is 5.95. The van der Waals surface area contributed by atoms with Crippen LogP contribution in [0.4, 0.5) is 5.69 Å². The largest absolute Gasteiger partial charge is 0.507 e. The van der Waals surface area contributed by atoms with Crippen LogP contribution in [0.25, 0.3) is 10.9 Å². The number of para-hydroxylation sites is 1. The van der Waals surface area contributed by atoms with E-state index in [-0.39, 0.29) is 5.75 Å². The summed E-state index contributed by atoms with van der Waals surface area (Å²) in [5.74, 6) is 1.05. The van der Waals surface area contributed by atoms with E-state index in [4.69, 9.17) is 9.47 Å². The van der Waals surface area contributed by atoms with Gasteiger partial charge in [0.1, 0.15) is 17.2 Å². The number of aromatic hydroxyl groups is 1. The first-order valence-electron chi connectivity index (χ1n) is 7.05. The summed E-state index contributed by atoms with van der Waals surface area (Å²) in [6.07, 6.45) is 3.29. The van der Waals surface area contributed by atoms with Crippen LogP contribution in [0.1, 0.15) is 5.56 Å². The standard InChI is InChI=1S/C18H16N2O3/c1-22-12-9-17(21)14(18(10-12)23-2)11-20-16-7-8-19-15-6-4-3-5-13(15)16/h3-11,21H,1-2H3. The minimum absolute atomic E-state index is 0.0447. The number of hydrogen-bond donors (Lipinski definition) is 1. The smallest absolute Gasteiger partial charge is 0.135 e. The predicted octanol–water partition coefficient (Wildman–Crippen LogP) is 3.71. The summed E-state index contributed by atoms with van der Waals surface area (Å²) in [6, 6.07) is 12.8. The van der Waals surface area contributed by atoms with Gasteiger partial charge in [0.25, 0.3) is 0 Å². The molecule has 0 amide bonds. The van der Waals surface area contributed by atoms with Crippen molar-refractivity contribution < 1.29 is 14.6 Å². The molecule has 0 unspecified atom stereocenters. The lowest BCUT2D eigenvalue weighted by molar-refractivity contribution is 0.384. The molecule has 0 spiro atoms. The highest BCUT2D eigenvalue weighted by atomic mass is 16.5. The van der Waals surface area contributed by atoms with Crippen LogP contribution in [0.15, 0.2) is 53.7 Å². The summed E-state index contributed by atoms with van der Waals surface area (Å²) in [5.41, 5.74) is 2.13. The minimum atomic E-state index is 0.0447. The topological polar surface area (TPSA) is 63.9 Å². The van der Waals surface area contributed by atoms with E-state index in [1.54, 1.807) is 18.5 Å². The lowest BCUT2D eigenvalue weighted by atomic mass is 10.1. The van der Waals surface area contributed by atoms with Crippen molar-refractivity contribution in [2.75, 3.05) is 14.2 Å². The average molecular weight is 308 g/mol. The van der Waals surface area contributed by atoms with Crippen LogP contribution in [0.3, 0.4) is 0 Å². The Balaban J connectivity index is 2.06. The Morgan fingerprint density at radius 2 is 1.91 bits per heavy atom. The molecule has 0 atom stereocenters. The van der Waals surface area contributed by atoms with Crippen LogP contribution in [0, 0.1) is 0 Å². The van der Waals surface area contributed by atoms with Crippen molar-refractivity contribution in [1.82, 2.24) is 4.98 Å². The highest BCUT2D eigenvalue weighted by Gasteiger charge is 2.10. The zero-order chi connectivity index (χ0) is 16.2. The number of nitrogens with zero attached hydrogens (tertiary/aromatic N) is 2. The maximum atomic E-state index is 10.2. The fourth-order valence-corrected chi connectivity index (χ4v) is 2.33. The van der Waals surface area contributed by atoms with Gasteiger partial charge in [0, 0.05) is 29.9 Å². The van der Waals surface area contributed by atoms with Gasteiger partial charge in [0.05, 0.1) is 31.0 Å². The van der Waals surface area contributed by atoms with E-state index in [0.29, 0.717) is 17.1 Å². The fraction of sp³-hybridized carbons (Fsp3) is 0.111. The van der Waals surface area contributed by atoms with Crippen LogP contribution in [-0.2, 0) is 0 Å². The number of phenols is 1. The molecule has 116 valence electrons. The first-order valence-corrected chi connectivity index (χ1v) is 7.05. The number of rotatable bonds is 4. The third kappa shape index (κ3) is 2.94. The SMILES string of the molecule is COc1cc(O)c(C=Nc2ccnc3ccccc23)c(OC)c1. The molecule has 0 aliphatic rings. The van der Waals surface area contributed by atoms with Crippen LogP contribution < -0.4 is 9.47 Å². The summed E-state index contributed by atoms with van der Waals surface area (Å²) in [5, 5.41) is 11.1. The normalized spacial score (nSPS) is 11.0. The second-order valence-corrected chi connectivity index (χ2v) is 4.87. The van der Waals surface area contributed by atoms with Gasteiger partial charge in [0.15, 0.2) is 0 Å². The molecule has 0 aliphatic heterocycles. The maximum Gasteiger partial charge on any atom is 0.135 e. The number of aromatic nitrogens is 1. The summed E-state index contributed by atoms with van der Waals surface area (Å²) >= 11 is 0. The Morgan fingerprint density at radius 1 is 1.09 bits per heavy atom. The van der Waals surface area contributed by atoms with Crippen LogP contribution in [-0.4, -0.2) is 30.5 Å². The van der Waals surface area contributed by atoms with E-state index in [2.05, 4.69) is 9.98 Å². The predicted molar refractivity (Wildman–Crippen MR) is 90.2 cm³/mol. The Morgan fingerprint density at radius 3 is 2.70 bits per heavy atom. The summed E-state index contributed by atoms with van der Waals surface area (Å²) in [4.78, 5) is 8.79. The number of ether oxygens (including phenoxy) is 2. The maximum absolute atomic E-state index is 10.2. The quantitative estimate of drug-likeness (QED) is 0.746. The molecule has 0 bridgehead atoms. The Hall–Kier alpha value is -3.08. The van der Waals surface area contributed by atoms with Gasteiger partial charge < -0.3 is 14.6 Å². The van der Waals surface area contributed by atoms with E-state index in [0.717, 1.165) is 16.6 Å². The minimum Gasteiger partial charge on any atom is -0.507 e. The number of methoxy groups -OCH3 is 2. The van der Waals surface area contributed by atoms with Crippen molar-refractivity contribution in [3.63, 3.8) is 0 Å². The molecule has 3 rings (SSSR count). The summed E-state index contributed by atoms with van der Waals surface area (Å²) in [6.45, 7) is 0. The molecule has 1 aromatic heterocycles. The molecule has 2 aromatic carbocycles. The fourth-order valence-electron chi connectivity index (χ4n) is 2.33. The van der Waals surface area contributed by atoms with Gasteiger partial charge in [-0.3, -0.25) is 9.98 Å². The van der Waals surface area contributed by atoms with Gasteiger partial charge >= 0.3 is 0 Å². The molecule has 23 heavy (non-hydrogen) atoms. The zero-order valence-corrected chi connectivity index (χ0v) is 12.9. The van der Waals surface area contributed by atoms with Crippen molar-refractivity contribution in [2.24, 2.45) is 4.99 Å². The molecule has 0 fully saturated rings. The van der Waals surface area contributed by atoms with E-state index >= 15 is 0 Å². The molecular formula is C18H16N2O3. The van der Waals surface area contributed by atoms with E-state index in [1.807, 2.05) is 30.3 Å². The van der Waals surface area contributed by atoms with Gasteiger partial charge in [-0.1, -0.05) is 18.2 Å². The number of hydrogen-bond acceptors (Lipinski definition) is 5. The lowest BCUT2D eigenvalue weighted by Crippen LogP contribution is -1.93. The second-order valence-electron chi connectivity index (χ2n) is 4.87. The molecule has 1 heterocycles. The zero-order valence-electron chi connectivity index (χ0n) is 12.9. The molecular weight excluding hydrogens is 292 g/mol. The number of benzene rings is 2. The molecule has 3 aromatic rings. The van der Waals surface area contributed by atoms with E-state index < -0.39 is 0 Å². The number of fused-ring (bicyclic) bond motifs is 1. The third-order valence-corrected chi connectivity index (χ3v) is 3.51. The summed E-state index contributed by atoms with van der Waals surface area (Å²) in [7, 11) is 3.07. The lowest BCUT2D eigenvalue weighted by Gasteiger charge is -2.09. The highest BCUT2D eigenvalue weighted by Crippen LogP contribution is 2.33. The third-order valence-electron chi connectivity index (χ3n) is 3.51. The Labute approximate surface area is 133 Å². The average Bonchev–Trinajstić information content (AvgIpc) is 2.60. The molecule has 0 saturated heterocycles. The van der Waals surface area contributed by atoms with Gasteiger partial charge in [0.2, 0.25) is 0 Å². The van der Waals surface area contributed by atoms with E-state index in [1.165, 1.54) is 20.3 Å². The molecule has 5 heteroatoms. The Bertz CT molecular complexity index is 870. The first kappa shape index (κ1) is 14.8. The number of aliphatic imine (C=N–C) groups is 1. The van der Waals surface area contributed by atoms with E-state index in [9.17, 15) is 5.11 Å². The van der Waals surface area contributed by atoms with Crippen molar-refractivity contribution in [2.45, 2.75) is 0 Å². The van der Waals surface area contributed by atoms with Gasteiger partial charge in [-0.25, -0.2) is 0 Å². The van der Waals surface area contributed by atoms with Crippen molar-refractivity contribution in [3.05, 3.63) is 54.2 Å². The second kappa shape index (κ2) is 6.36.